The van der Waals surface area contributed by atoms with E-state index < -0.39 is 0 Å². The van der Waals surface area contributed by atoms with E-state index in [0.717, 1.165) is 23.5 Å². The number of rotatable bonds is 4. The van der Waals surface area contributed by atoms with Crippen LogP contribution >= 0.6 is 0 Å². The van der Waals surface area contributed by atoms with Gasteiger partial charge in [0.15, 0.2) is 0 Å². The molecule has 0 saturated carbocycles. The van der Waals surface area contributed by atoms with Gasteiger partial charge in [0.25, 0.3) is 0 Å². The Morgan fingerprint density at radius 2 is 1.73 bits per heavy atom. The van der Waals surface area contributed by atoms with E-state index >= 15 is 0 Å². The van der Waals surface area contributed by atoms with E-state index in [1.807, 2.05) is 13.0 Å². The minimum atomic E-state index is 0.495. The first-order chi connectivity index (χ1) is 7.13. The zero-order valence-corrected chi connectivity index (χ0v) is 10.3. The van der Waals surface area contributed by atoms with Gasteiger partial charge in [0.1, 0.15) is 11.5 Å². The summed E-state index contributed by atoms with van der Waals surface area (Å²) in [4.78, 5) is 0. The summed E-state index contributed by atoms with van der Waals surface area (Å²) >= 11 is 0. The highest BCUT2D eigenvalue weighted by Crippen LogP contribution is 2.34. The summed E-state index contributed by atoms with van der Waals surface area (Å²) in [6.45, 7) is 6.41. The van der Waals surface area contributed by atoms with E-state index in [2.05, 4.69) is 19.9 Å². The largest absolute Gasteiger partial charge is 0.496 e. The Kier molecular flexibility index (Phi) is 4.01. The van der Waals surface area contributed by atoms with Crippen LogP contribution in [0.25, 0.3) is 0 Å². The minimum absolute atomic E-state index is 0.495. The molecule has 1 rings (SSSR count). The zero-order chi connectivity index (χ0) is 11.4. The molecule has 0 N–H and O–H groups in total. The Labute approximate surface area is 92.2 Å². The van der Waals surface area contributed by atoms with Crippen molar-refractivity contribution in [2.75, 3.05) is 14.2 Å². The number of hydrogen-bond donors (Lipinski definition) is 0. The molecule has 1 aromatic rings. The number of aryl methyl sites for hydroxylation is 1. The zero-order valence-electron chi connectivity index (χ0n) is 10.3. The normalized spacial score (nSPS) is 12.3. The molecule has 0 aliphatic carbocycles. The Hall–Kier alpha value is -1.18. The van der Waals surface area contributed by atoms with Crippen LogP contribution in [-0.2, 0) is 0 Å². The summed E-state index contributed by atoms with van der Waals surface area (Å²) in [5.74, 6) is 2.39. The highest BCUT2D eigenvalue weighted by molar-refractivity contribution is 5.47. The second kappa shape index (κ2) is 5.06. The van der Waals surface area contributed by atoms with E-state index in [9.17, 15) is 0 Å². The lowest BCUT2D eigenvalue weighted by Gasteiger charge is -2.16. The van der Waals surface area contributed by atoms with Crippen LogP contribution in [0, 0.1) is 6.92 Å². The van der Waals surface area contributed by atoms with Gasteiger partial charge in [0.2, 0.25) is 0 Å². The van der Waals surface area contributed by atoms with Crippen LogP contribution in [0.4, 0.5) is 0 Å². The maximum absolute atomic E-state index is 5.39. The predicted octanol–water partition coefficient (Wildman–Crippen LogP) is 3.53. The molecule has 2 heteroatoms. The van der Waals surface area contributed by atoms with E-state index in [1.165, 1.54) is 5.56 Å². The maximum atomic E-state index is 5.39. The molecule has 0 fully saturated rings. The van der Waals surface area contributed by atoms with Gasteiger partial charge < -0.3 is 9.47 Å². The van der Waals surface area contributed by atoms with Crippen LogP contribution in [0.1, 0.15) is 37.3 Å². The number of ether oxygens (including phenoxy) is 2. The summed E-state index contributed by atoms with van der Waals surface area (Å²) in [7, 11) is 3.42. The number of hydrogen-bond acceptors (Lipinski definition) is 2. The third-order valence-electron chi connectivity index (χ3n) is 2.89. The van der Waals surface area contributed by atoms with Crippen molar-refractivity contribution in [3.8, 4) is 11.5 Å². The summed E-state index contributed by atoms with van der Waals surface area (Å²) in [5.41, 5.74) is 2.34. The molecule has 0 saturated heterocycles. The van der Waals surface area contributed by atoms with Gasteiger partial charge in [-0.05, 0) is 37.0 Å². The molecule has 0 aromatic heterocycles. The van der Waals surface area contributed by atoms with E-state index in [0.29, 0.717) is 5.92 Å². The van der Waals surface area contributed by atoms with Gasteiger partial charge in [-0.3, -0.25) is 0 Å². The van der Waals surface area contributed by atoms with Crippen molar-refractivity contribution in [1.82, 2.24) is 0 Å². The molecule has 15 heavy (non-hydrogen) atoms. The van der Waals surface area contributed by atoms with Crippen LogP contribution < -0.4 is 9.47 Å². The van der Waals surface area contributed by atoms with Gasteiger partial charge in [0, 0.05) is 5.56 Å². The maximum Gasteiger partial charge on any atom is 0.122 e. The van der Waals surface area contributed by atoms with Gasteiger partial charge in [-0.25, -0.2) is 0 Å². The molecule has 1 aromatic carbocycles. The van der Waals surface area contributed by atoms with Crippen molar-refractivity contribution < 1.29 is 9.47 Å². The third-order valence-corrected chi connectivity index (χ3v) is 2.89. The molecule has 0 heterocycles. The van der Waals surface area contributed by atoms with Crippen molar-refractivity contribution in [1.29, 1.82) is 0 Å². The van der Waals surface area contributed by atoms with E-state index in [1.54, 1.807) is 14.2 Å². The lowest BCUT2D eigenvalue weighted by molar-refractivity contribution is 0.393. The van der Waals surface area contributed by atoms with Crippen LogP contribution in [0.2, 0.25) is 0 Å². The molecule has 2 nitrogen and oxygen atoms in total. The second-order valence-electron chi connectivity index (χ2n) is 3.87. The fraction of sp³-hybridized carbons (Fsp3) is 0.538. The van der Waals surface area contributed by atoms with Gasteiger partial charge in [-0.15, -0.1) is 0 Å². The molecule has 1 unspecified atom stereocenters. The van der Waals surface area contributed by atoms with Crippen molar-refractivity contribution in [3.05, 3.63) is 23.3 Å². The van der Waals surface area contributed by atoms with Gasteiger partial charge in [-0.2, -0.15) is 0 Å². The van der Waals surface area contributed by atoms with Crippen LogP contribution in [0.3, 0.4) is 0 Å². The van der Waals surface area contributed by atoms with Crippen LogP contribution in [-0.4, -0.2) is 14.2 Å². The predicted molar refractivity (Wildman–Crippen MR) is 63.0 cm³/mol. The van der Waals surface area contributed by atoms with Crippen LogP contribution in [0.5, 0.6) is 11.5 Å². The highest BCUT2D eigenvalue weighted by Gasteiger charge is 2.13. The summed E-state index contributed by atoms with van der Waals surface area (Å²) in [6, 6.07) is 4.13. The SMILES string of the molecule is CCC(C)c1cc(OC)c(C)cc1OC. The second-order valence-corrected chi connectivity index (χ2v) is 3.87. The smallest absolute Gasteiger partial charge is 0.122 e. The molecule has 0 radical (unpaired) electrons. The average molecular weight is 208 g/mol. The lowest BCUT2D eigenvalue weighted by atomic mass is 9.96. The quantitative estimate of drug-likeness (QED) is 0.753. The van der Waals surface area contributed by atoms with Crippen molar-refractivity contribution in [3.63, 3.8) is 0 Å². The third kappa shape index (κ3) is 2.44. The highest BCUT2D eigenvalue weighted by atomic mass is 16.5. The molecule has 1 atom stereocenters. The topological polar surface area (TPSA) is 18.5 Å². The molecule has 0 aliphatic rings. The van der Waals surface area contributed by atoms with Crippen molar-refractivity contribution in [2.24, 2.45) is 0 Å². The first-order valence-electron chi connectivity index (χ1n) is 5.36. The van der Waals surface area contributed by atoms with E-state index in [-0.39, 0.29) is 0 Å². The fourth-order valence-electron chi connectivity index (χ4n) is 1.68. The van der Waals surface area contributed by atoms with Crippen LogP contribution in [0.15, 0.2) is 12.1 Å². The molecule has 84 valence electrons. The molecular weight excluding hydrogens is 188 g/mol. The van der Waals surface area contributed by atoms with Gasteiger partial charge >= 0.3 is 0 Å². The van der Waals surface area contributed by atoms with Crippen molar-refractivity contribution in [2.45, 2.75) is 33.1 Å². The standard InChI is InChI=1S/C13H20O2/c1-6-9(2)11-8-12(14-4)10(3)7-13(11)15-5/h7-9H,6H2,1-5H3. The van der Waals surface area contributed by atoms with Crippen molar-refractivity contribution >= 4 is 0 Å². The number of benzene rings is 1. The lowest BCUT2D eigenvalue weighted by Crippen LogP contribution is -1.99. The number of methoxy groups -OCH3 is 2. The molecule has 0 bridgehead atoms. The monoisotopic (exact) mass is 208 g/mol. The Bertz CT molecular complexity index is 332. The summed E-state index contributed by atoms with van der Waals surface area (Å²) in [5, 5.41) is 0. The fourth-order valence-corrected chi connectivity index (χ4v) is 1.68. The Morgan fingerprint density at radius 3 is 2.20 bits per heavy atom. The van der Waals surface area contributed by atoms with E-state index in [4.69, 9.17) is 9.47 Å². The first-order valence-corrected chi connectivity index (χ1v) is 5.36. The summed E-state index contributed by atoms with van der Waals surface area (Å²) < 4.78 is 10.7. The Balaban J connectivity index is 3.22. The van der Waals surface area contributed by atoms with Gasteiger partial charge in [0.05, 0.1) is 14.2 Å². The van der Waals surface area contributed by atoms with Gasteiger partial charge in [-0.1, -0.05) is 13.8 Å². The summed E-state index contributed by atoms with van der Waals surface area (Å²) in [6.07, 6.45) is 1.10. The molecule has 0 aliphatic heterocycles. The molecular formula is C13H20O2. The molecule has 0 amide bonds. The Morgan fingerprint density at radius 1 is 1.13 bits per heavy atom. The first kappa shape index (κ1) is 11.9. The molecule has 0 spiro atoms. The minimum Gasteiger partial charge on any atom is -0.496 e. The average Bonchev–Trinajstić information content (AvgIpc) is 2.27.